The zero-order valence-electron chi connectivity index (χ0n) is 20.2. The highest BCUT2D eigenvalue weighted by Gasteiger charge is 2.34. The van der Waals surface area contributed by atoms with Crippen molar-refractivity contribution in [2.45, 2.75) is 20.8 Å². The van der Waals surface area contributed by atoms with Crippen LogP contribution in [0.3, 0.4) is 0 Å². The van der Waals surface area contributed by atoms with Gasteiger partial charge in [0.05, 0.1) is 17.2 Å². The van der Waals surface area contributed by atoms with Gasteiger partial charge in [-0.3, -0.25) is 14.5 Å². The van der Waals surface area contributed by atoms with Crippen molar-refractivity contribution < 1.29 is 19.1 Å². The van der Waals surface area contributed by atoms with Crippen molar-refractivity contribution in [1.82, 2.24) is 0 Å². The lowest BCUT2D eigenvalue weighted by atomic mass is 10.1. The van der Waals surface area contributed by atoms with E-state index in [9.17, 15) is 9.59 Å². The molecule has 184 valence electrons. The molecule has 0 unspecified atom stereocenters. The van der Waals surface area contributed by atoms with Crippen LogP contribution in [0.1, 0.15) is 23.6 Å². The molecule has 0 aromatic heterocycles. The quantitative estimate of drug-likeness (QED) is 0.286. The number of aryl methyl sites for hydroxylation is 2. The molecule has 36 heavy (non-hydrogen) atoms. The average molecular weight is 519 g/mol. The standard InChI is InChI=1S/C28H26N2O4S2/c1-4-33-22-12-8-21(9-13-22)29-26(31)17-34-23-10-6-20(7-11-23)16-25-27(32)30(28(35)36-25)24-14-5-18(2)15-19(24)3/h5-16H,4,17H2,1-3H3,(H,29,31)/b25-16-. The summed E-state index contributed by atoms with van der Waals surface area (Å²) in [6.45, 7) is 6.37. The third kappa shape index (κ3) is 6.13. The fourth-order valence-corrected chi connectivity index (χ4v) is 4.98. The van der Waals surface area contributed by atoms with Gasteiger partial charge in [0.1, 0.15) is 11.5 Å². The molecule has 1 aliphatic heterocycles. The van der Waals surface area contributed by atoms with Gasteiger partial charge in [-0.15, -0.1) is 0 Å². The van der Waals surface area contributed by atoms with Crippen LogP contribution in [0.15, 0.2) is 71.6 Å². The molecular weight excluding hydrogens is 492 g/mol. The summed E-state index contributed by atoms with van der Waals surface area (Å²) in [6, 6.07) is 20.3. The third-order valence-electron chi connectivity index (χ3n) is 5.38. The second-order valence-electron chi connectivity index (χ2n) is 8.17. The number of thiocarbonyl (C=S) groups is 1. The Kier molecular flexibility index (Phi) is 8.07. The van der Waals surface area contributed by atoms with Gasteiger partial charge in [-0.1, -0.05) is 53.8 Å². The first-order valence-corrected chi connectivity index (χ1v) is 12.7. The first kappa shape index (κ1) is 25.5. The second kappa shape index (κ2) is 11.4. The molecule has 0 spiro atoms. The van der Waals surface area contributed by atoms with Crippen LogP contribution >= 0.6 is 24.0 Å². The summed E-state index contributed by atoms with van der Waals surface area (Å²) in [5, 5.41) is 2.79. The Morgan fingerprint density at radius 3 is 2.33 bits per heavy atom. The van der Waals surface area contributed by atoms with E-state index in [1.807, 2.05) is 57.2 Å². The van der Waals surface area contributed by atoms with Crippen molar-refractivity contribution in [1.29, 1.82) is 0 Å². The highest BCUT2D eigenvalue weighted by Crippen LogP contribution is 2.37. The smallest absolute Gasteiger partial charge is 0.270 e. The van der Waals surface area contributed by atoms with Crippen molar-refractivity contribution in [3.63, 3.8) is 0 Å². The molecule has 1 saturated heterocycles. The number of rotatable bonds is 8. The molecule has 6 nitrogen and oxygen atoms in total. The van der Waals surface area contributed by atoms with Crippen molar-refractivity contribution in [2.75, 3.05) is 23.4 Å². The topological polar surface area (TPSA) is 67.9 Å². The molecule has 1 aliphatic rings. The number of nitrogens with one attached hydrogen (secondary N) is 1. The van der Waals surface area contributed by atoms with Crippen molar-refractivity contribution in [2.24, 2.45) is 0 Å². The molecule has 1 N–H and O–H groups in total. The van der Waals surface area contributed by atoms with Gasteiger partial charge in [0.25, 0.3) is 11.8 Å². The Hall–Kier alpha value is -3.62. The molecule has 0 radical (unpaired) electrons. The van der Waals surface area contributed by atoms with Crippen LogP contribution in [-0.4, -0.2) is 29.3 Å². The number of hydrogen-bond acceptors (Lipinski definition) is 6. The number of hydrogen-bond donors (Lipinski definition) is 1. The van der Waals surface area contributed by atoms with Gasteiger partial charge < -0.3 is 14.8 Å². The maximum atomic E-state index is 13.1. The Bertz CT molecular complexity index is 1320. The summed E-state index contributed by atoms with van der Waals surface area (Å²) < 4.78 is 11.5. The molecule has 1 heterocycles. The summed E-state index contributed by atoms with van der Waals surface area (Å²) in [5.74, 6) is 0.901. The van der Waals surface area contributed by atoms with Crippen molar-refractivity contribution >= 4 is 57.6 Å². The number of carbonyl (C=O) groups excluding carboxylic acids is 2. The zero-order valence-corrected chi connectivity index (χ0v) is 21.9. The number of carbonyl (C=O) groups is 2. The van der Waals surface area contributed by atoms with E-state index in [0.717, 1.165) is 28.1 Å². The van der Waals surface area contributed by atoms with E-state index in [-0.39, 0.29) is 18.4 Å². The van der Waals surface area contributed by atoms with E-state index in [1.54, 1.807) is 41.3 Å². The normalized spacial score (nSPS) is 14.3. The van der Waals surface area contributed by atoms with Crippen LogP contribution in [-0.2, 0) is 9.59 Å². The minimum Gasteiger partial charge on any atom is -0.494 e. The number of ether oxygens (including phenoxy) is 2. The van der Waals surface area contributed by atoms with E-state index >= 15 is 0 Å². The predicted molar refractivity (Wildman–Crippen MR) is 150 cm³/mol. The highest BCUT2D eigenvalue weighted by atomic mass is 32.2. The Balaban J connectivity index is 1.35. The van der Waals surface area contributed by atoms with Crippen LogP contribution in [0, 0.1) is 13.8 Å². The fourth-order valence-electron chi connectivity index (χ4n) is 3.69. The molecule has 3 aromatic rings. The average Bonchev–Trinajstić information content (AvgIpc) is 3.13. The first-order valence-electron chi connectivity index (χ1n) is 11.4. The molecule has 1 fully saturated rings. The monoisotopic (exact) mass is 518 g/mol. The van der Waals surface area contributed by atoms with Gasteiger partial charge in [0.15, 0.2) is 10.9 Å². The maximum Gasteiger partial charge on any atom is 0.270 e. The van der Waals surface area contributed by atoms with E-state index in [2.05, 4.69) is 5.32 Å². The minimum absolute atomic E-state index is 0.124. The van der Waals surface area contributed by atoms with Gasteiger partial charge in [-0.05, 0) is 80.4 Å². The van der Waals surface area contributed by atoms with E-state index in [0.29, 0.717) is 27.3 Å². The third-order valence-corrected chi connectivity index (χ3v) is 6.69. The van der Waals surface area contributed by atoms with E-state index in [4.69, 9.17) is 21.7 Å². The Labute approximate surface area is 220 Å². The number of anilines is 2. The van der Waals surface area contributed by atoms with Crippen LogP contribution in [0.5, 0.6) is 11.5 Å². The van der Waals surface area contributed by atoms with Crippen LogP contribution in [0.25, 0.3) is 6.08 Å². The summed E-state index contributed by atoms with van der Waals surface area (Å²) in [7, 11) is 0. The van der Waals surface area contributed by atoms with Crippen LogP contribution < -0.4 is 19.7 Å². The molecular formula is C28H26N2O4S2. The van der Waals surface area contributed by atoms with E-state index in [1.165, 1.54) is 11.8 Å². The fraction of sp³-hybridized carbons (Fsp3) is 0.179. The highest BCUT2D eigenvalue weighted by molar-refractivity contribution is 8.27. The Morgan fingerprint density at radius 1 is 1.00 bits per heavy atom. The first-order chi connectivity index (χ1) is 17.3. The van der Waals surface area contributed by atoms with Crippen molar-refractivity contribution in [3.8, 4) is 11.5 Å². The lowest BCUT2D eigenvalue weighted by Crippen LogP contribution is -2.28. The maximum absolute atomic E-state index is 13.1. The minimum atomic E-state index is -0.265. The predicted octanol–water partition coefficient (Wildman–Crippen LogP) is 6.13. The molecule has 0 atom stereocenters. The van der Waals surface area contributed by atoms with E-state index < -0.39 is 0 Å². The SMILES string of the molecule is CCOc1ccc(NC(=O)COc2ccc(/C=C3\SC(=S)N(c4ccc(C)cc4C)C3=O)cc2)cc1. The van der Waals surface area contributed by atoms with Crippen LogP contribution in [0.4, 0.5) is 11.4 Å². The number of nitrogens with zero attached hydrogens (tertiary/aromatic N) is 1. The molecule has 0 aliphatic carbocycles. The summed E-state index contributed by atoms with van der Waals surface area (Å²) in [5.41, 5.74) is 4.44. The Morgan fingerprint density at radius 2 is 1.67 bits per heavy atom. The van der Waals surface area contributed by atoms with Crippen molar-refractivity contribution in [3.05, 3.63) is 88.3 Å². The molecule has 0 saturated carbocycles. The largest absolute Gasteiger partial charge is 0.494 e. The number of thioether (sulfide) groups is 1. The van der Waals surface area contributed by atoms with Gasteiger partial charge in [-0.2, -0.15) is 0 Å². The number of amides is 2. The lowest BCUT2D eigenvalue weighted by molar-refractivity contribution is -0.118. The molecule has 0 bridgehead atoms. The number of benzene rings is 3. The summed E-state index contributed by atoms with van der Waals surface area (Å²) >= 11 is 6.78. The van der Waals surface area contributed by atoms with Gasteiger partial charge >= 0.3 is 0 Å². The van der Waals surface area contributed by atoms with Gasteiger partial charge in [0, 0.05) is 5.69 Å². The lowest BCUT2D eigenvalue weighted by Gasteiger charge is -2.17. The summed E-state index contributed by atoms with van der Waals surface area (Å²) in [4.78, 5) is 27.4. The van der Waals surface area contributed by atoms with Crippen LogP contribution in [0.2, 0.25) is 0 Å². The summed E-state index contributed by atoms with van der Waals surface area (Å²) in [6.07, 6.45) is 1.81. The molecule has 8 heteroatoms. The molecule has 3 aromatic carbocycles. The second-order valence-corrected chi connectivity index (χ2v) is 9.85. The van der Waals surface area contributed by atoms with Gasteiger partial charge in [0.2, 0.25) is 0 Å². The molecule has 2 amide bonds. The zero-order chi connectivity index (χ0) is 25.7. The van der Waals surface area contributed by atoms with Gasteiger partial charge in [-0.25, -0.2) is 0 Å². The molecule has 4 rings (SSSR count).